The molecular weight excluding hydrogens is 330 g/mol. The van der Waals surface area contributed by atoms with Gasteiger partial charge in [-0.1, -0.05) is 68.4 Å². The summed E-state index contributed by atoms with van der Waals surface area (Å²) in [5.41, 5.74) is 5.52. The monoisotopic (exact) mass is 357 g/mol. The molecule has 3 aromatic rings. The van der Waals surface area contributed by atoms with Crippen LogP contribution in [0.2, 0.25) is 0 Å². The van der Waals surface area contributed by atoms with E-state index in [1.165, 1.54) is 5.56 Å². The van der Waals surface area contributed by atoms with Gasteiger partial charge in [0.1, 0.15) is 5.78 Å². The average Bonchev–Trinajstić information content (AvgIpc) is 2.69. The van der Waals surface area contributed by atoms with Crippen molar-refractivity contribution in [3.05, 3.63) is 89.7 Å². The fourth-order valence-corrected chi connectivity index (χ4v) is 3.54. The third kappa shape index (κ3) is 4.71. The molecule has 0 aliphatic rings. The molecule has 0 aliphatic heterocycles. The van der Waals surface area contributed by atoms with Gasteiger partial charge in [0.25, 0.3) is 0 Å². The van der Waals surface area contributed by atoms with E-state index in [-0.39, 0.29) is 11.2 Å². The fourth-order valence-electron chi connectivity index (χ4n) is 3.54. The van der Waals surface area contributed by atoms with Crippen molar-refractivity contribution in [3.63, 3.8) is 0 Å². The minimum absolute atomic E-state index is 0.104. The van der Waals surface area contributed by atoms with Gasteiger partial charge in [-0.2, -0.15) is 0 Å². The first kappa shape index (κ1) is 19.0. The lowest BCUT2D eigenvalue weighted by atomic mass is 9.75. The number of hydrogen-bond donors (Lipinski definition) is 0. The Morgan fingerprint density at radius 3 is 2.30 bits per heavy atom. The Balaban J connectivity index is 1.69. The Hall–Kier alpha value is -2.74. The molecule has 2 heteroatoms. The molecule has 0 fully saturated rings. The molecular formula is C25H27NO. The van der Waals surface area contributed by atoms with Crippen molar-refractivity contribution in [1.29, 1.82) is 0 Å². The SMILES string of the molecule is CCC(C)(CC(=O)Cc1ccc(-c2ccnc(C)c2)cc1)c1ccccc1. The van der Waals surface area contributed by atoms with Crippen molar-refractivity contribution in [2.75, 3.05) is 0 Å². The number of Topliss-reactive ketones (excluding diaryl/α,β-unsaturated/α-hetero) is 1. The largest absolute Gasteiger partial charge is 0.299 e. The average molecular weight is 357 g/mol. The standard InChI is InChI=1S/C25H27NO/c1-4-25(3,23-8-6-5-7-9-23)18-24(27)17-20-10-12-21(13-11-20)22-14-15-26-19(2)16-22/h5-16H,4,17-18H2,1-3H3. The predicted molar refractivity (Wildman–Crippen MR) is 112 cm³/mol. The summed E-state index contributed by atoms with van der Waals surface area (Å²) in [5, 5.41) is 0. The number of ketones is 1. The van der Waals surface area contributed by atoms with E-state index in [0.717, 1.165) is 28.8 Å². The van der Waals surface area contributed by atoms with E-state index in [1.54, 1.807) is 0 Å². The van der Waals surface area contributed by atoms with Crippen LogP contribution in [-0.4, -0.2) is 10.8 Å². The summed E-state index contributed by atoms with van der Waals surface area (Å²) in [4.78, 5) is 17.0. The predicted octanol–water partition coefficient (Wildman–Crippen LogP) is 5.93. The third-order valence-corrected chi connectivity index (χ3v) is 5.42. The number of nitrogens with zero attached hydrogens (tertiary/aromatic N) is 1. The zero-order chi connectivity index (χ0) is 19.3. The maximum Gasteiger partial charge on any atom is 0.138 e. The lowest BCUT2D eigenvalue weighted by Gasteiger charge is -2.28. The van der Waals surface area contributed by atoms with Crippen molar-refractivity contribution in [2.45, 2.75) is 45.4 Å². The van der Waals surface area contributed by atoms with Gasteiger partial charge in [0.2, 0.25) is 0 Å². The van der Waals surface area contributed by atoms with Gasteiger partial charge in [0.15, 0.2) is 0 Å². The Kier molecular flexibility index (Phi) is 5.85. The lowest BCUT2D eigenvalue weighted by Crippen LogP contribution is -2.25. The van der Waals surface area contributed by atoms with Crippen LogP contribution < -0.4 is 0 Å². The summed E-state index contributed by atoms with van der Waals surface area (Å²) in [6, 6.07) is 22.8. The van der Waals surface area contributed by atoms with E-state index in [4.69, 9.17) is 0 Å². The number of pyridine rings is 1. The summed E-state index contributed by atoms with van der Waals surface area (Å²) in [7, 11) is 0. The first-order valence-electron chi connectivity index (χ1n) is 9.59. The molecule has 1 aromatic heterocycles. The number of rotatable bonds is 7. The molecule has 0 radical (unpaired) electrons. The molecule has 0 N–H and O–H groups in total. The minimum atomic E-state index is -0.104. The highest BCUT2D eigenvalue weighted by molar-refractivity contribution is 5.82. The summed E-state index contributed by atoms with van der Waals surface area (Å²) in [5.74, 6) is 0.288. The van der Waals surface area contributed by atoms with Crippen molar-refractivity contribution in [3.8, 4) is 11.1 Å². The van der Waals surface area contributed by atoms with Crippen LogP contribution in [0.1, 0.15) is 43.5 Å². The molecule has 0 spiro atoms. The summed E-state index contributed by atoms with van der Waals surface area (Å²) >= 11 is 0. The van der Waals surface area contributed by atoms with Gasteiger partial charge in [-0.25, -0.2) is 0 Å². The van der Waals surface area contributed by atoms with Crippen LogP contribution in [0.4, 0.5) is 0 Å². The van der Waals surface area contributed by atoms with Gasteiger partial charge in [-0.15, -0.1) is 0 Å². The molecule has 3 rings (SSSR count). The van der Waals surface area contributed by atoms with E-state index >= 15 is 0 Å². The highest BCUT2D eigenvalue weighted by Crippen LogP contribution is 2.32. The number of aryl methyl sites for hydroxylation is 1. The van der Waals surface area contributed by atoms with Crippen LogP contribution in [0.3, 0.4) is 0 Å². The topological polar surface area (TPSA) is 30.0 Å². The molecule has 0 saturated heterocycles. The van der Waals surface area contributed by atoms with Crippen molar-refractivity contribution in [1.82, 2.24) is 4.98 Å². The van der Waals surface area contributed by atoms with E-state index in [2.05, 4.69) is 61.3 Å². The summed E-state index contributed by atoms with van der Waals surface area (Å²) in [6.45, 7) is 6.34. The molecule has 0 aliphatic carbocycles. The van der Waals surface area contributed by atoms with E-state index in [9.17, 15) is 4.79 Å². The van der Waals surface area contributed by atoms with Crippen molar-refractivity contribution >= 4 is 5.78 Å². The second-order valence-electron chi connectivity index (χ2n) is 7.56. The number of carbonyl (C=O) groups is 1. The highest BCUT2D eigenvalue weighted by atomic mass is 16.1. The first-order valence-corrected chi connectivity index (χ1v) is 9.59. The fraction of sp³-hybridized carbons (Fsp3) is 0.280. The Morgan fingerprint density at radius 1 is 0.963 bits per heavy atom. The maximum absolute atomic E-state index is 12.8. The van der Waals surface area contributed by atoms with Crippen LogP contribution in [0.15, 0.2) is 72.9 Å². The lowest BCUT2D eigenvalue weighted by molar-refractivity contribution is -0.119. The zero-order valence-corrected chi connectivity index (χ0v) is 16.4. The third-order valence-electron chi connectivity index (χ3n) is 5.42. The first-order chi connectivity index (χ1) is 13.0. The van der Waals surface area contributed by atoms with Crippen LogP contribution >= 0.6 is 0 Å². The summed E-state index contributed by atoms with van der Waals surface area (Å²) < 4.78 is 0. The molecule has 1 unspecified atom stereocenters. The molecule has 2 aromatic carbocycles. The molecule has 0 amide bonds. The normalized spacial score (nSPS) is 13.1. The van der Waals surface area contributed by atoms with Crippen LogP contribution in [0.5, 0.6) is 0 Å². The Labute approximate surface area is 162 Å². The Morgan fingerprint density at radius 2 is 1.67 bits per heavy atom. The molecule has 0 bridgehead atoms. The van der Waals surface area contributed by atoms with Gasteiger partial charge in [0.05, 0.1) is 0 Å². The number of aromatic nitrogens is 1. The van der Waals surface area contributed by atoms with Gasteiger partial charge in [-0.05, 0) is 53.1 Å². The van der Waals surface area contributed by atoms with E-state index in [0.29, 0.717) is 12.8 Å². The molecule has 1 heterocycles. The number of hydrogen-bond acceptors (Lipinski definition) is 2. The quantitative estimate of drug-likeness (QED) is 0.525. The molecule has 0 saturated carbocycles. The van der Waals surface area contributed by atoms with Crippen LogP contribution in [0.25, 0.3) is 11.1 Å². The molecule has 138 valence electrons. The maximum atomic E-state index is 12.8. The van der Waals surface area contributed by atoms with Crippen LogP contribution in [0, 0.1) is 6.92 Å². The zero-order valence-electron chi connectivity index (χ0n) is 16.4. The molecule has 2 nitrogen and oxygen atoms in total. The van der Waals surface area contributed by atoms with Crippen molar-refractivity contribution < 1.29 is 4.79 Å². The minimum Gasteiger partial charge on any atom is -0.299 e. The summed E-state index contributed by atoms with van der Waals surface area (Å²) in [6.07, 6.45) is 3.83. The van der Waals surface area contributed by atoms with Crippen molar-refractivity contribution in [2.24, 2.45) is 0 Å². The molecule has 27 heavy (non-hydrogen) atoms. The van der Waals surface area contributed by atoms with Gasteiger partial charge in [-0.3, -0.25) is 9.78 Å². The second kappa shape index (κ2) is 8.30. The highest BCUT2D eigenvalue weighted by Gasteiger charge is 2.27. The van der Waals surface area contributed by atoms with Gasteiger partial charge < -0.3 is 0 Å². The van der Waals surface area contributed by atoms with Gasteiger partial charge >= 0.3 is 0 Å². The van der Waals surface area contributed by atoms with Crippen LogP contribution in [-0.2, 0) is 16.6 Å². The number of benzene rings is 2. The molecule has 1 atom stereocenters. The smallest absolute Gasteiger partial charge is 0.138 e. The Bertz CT molecular complexity index is 899. The number of carbonyl (C=O) groups excluding carboxylic acids is 1. The van der Waals surface area contributed by atoms with E-state index in [1.807, 2.05) is 37.4 Å². The van der Waals surface area contributed by atoms with E-state index < -0.39 is 0 Å². The second-order valence-corrected chi connectivity index (χ2v) is 7.56. The van der Waals surface area contributed by atoms with Gasteiger partial charge in [0, 0.05) is 24.7 Å².